The molecule has 0 atom stereocenters. The van der Waals surface area contributed by atoms with E-state index < -0.39 is 0 Å². The molecule has 1 aliphatic heterocycles. The lowest BCUT2D eigenvalue weighted by Gasteiger charge is -2.31. The number of anilines is 1. The van der Waals surface area contributed by atoms with Crippen LogP contribution >= 0.6 is 0 Å². The molecule has 19 heavy (non-hydrogen) atoms. The average molecular weight is 259 g/mol. The summed E-state index contributed by atoms with van der Waals surface area (Å²) in [7, 11) is 0. The van der Waals surface area contributed by atoms with E-state index in [1.165, 1.54) is 12.1 Å². The fraction of sp³-hybridized carbons (Fsp3) is 0.429. The Morgan fingerprint density at radius 1 is 1.37 bits per heavy atom. The number of terminal acetylenes is 1. The molecule has 0 bridgehead atoms. The summed E-state index contributed by atoms with van der Waals surface area (Å²) in [6.45, 7) is 2.70. The van der Waals surface area contributed by atoms with Gasteiger partial charge < -0.3 is 5.32 Å². The summed E-state index contributed by atoms with van der Waals surface area (Å²) in [6, 6.07) is 6.97. The summed E-state index contributed by atoms with van der Waals surface area (Å²) in [5.74, 6) is 2.66. The number of hydrogen-bond acceptors (Lipinski definition) is 4. The third-order valence-corrected chi connectivity index (χ3v) is 3.35. The highest BCUT2D eigenvalue weighted by molar-refractivity contribution is 5.49. The van der Waals surface area contributed by atoms with Crippen LogP contribution in [-0.4, -0.2) is 35.5 Å². The first-order valence-corrected chi connectivity index (χ1v) is 6.36. The molecule has 0 aliphatic carbocycles. The normalized spacial score (nSPS) is 16.8. The summed E-state index contributed by atoms with van der Waals surface area (Å²) < 4.78 is 0. The predicted octanol–water partition coefficient (Wildman–Crippen LogP) is 2.10. The summed E-state index contributed by atoms with van der Waals surface area (Å²) in [5, 5.41) is 14.0. The molecule has 1 N–H and O–H groups in total. The molecule has 1 aliphatic rings. The van der Waals surface area contributed by atoms with Gasteiger partial charge in [-0.15, -0.1) is 6.42 Å². The molecule has 1 saturated heterocycles. The lowest BCUT2D eigenvalue weighted by Crippen LogP contribution is -2.39. The summed E-state index contributed by atoms with van der Waals surface area (Å²) >= 11 is 0. The molecule has 0 amide bonds. The van der Waals surface area contributed by atoms with Crippen molar-refractivity contribution in [1.82, 2.24) is 4.90 Å². The van der Waals surface area contributed by atoms with Crippen molar-refractivity contribution in [1.29, 1.82) is 0 Å². The second-order valence-electron chi connectivity index (χ2n) is 4.70. The van der Waals surface area contributed by atoms with Crippen molar-refractivity contribution in [2.75, 3.05) is 25.0 Å². The van der Waals surface area contributed by atoms with E-state index in [-0.39, 0.29) is 10.6 Å². The maximum absolute atomic E-state index is 10.6. The Hall–Kier alpha value is -2.06. The quantitative estimate of drug-likeness (QED) is 0.511. The Morgan fingerprint density at radius 2 is 2.00 bits per heavy atom. The smallest absolute Gasteiger partial charge is 0.269 e. The highest BCUT2D eigenvalue weighted by atomic mass is 16.6. The third kappa shape index (κ3) is 3.70. The van der Waals surface area contributed by atoms with Crippen LogP contribution in [0.5, 0.6) is 0 Å². The first kappa shape index (κ1) is 13.4. The van der Waals surface area contributed by atoms with E-state index >= 15 is 0 Å². The minimum Gasteiger partial charge on any atom is -0.382 e. The van der Waals surface area contributed by atoms with Gasteiger partial charge in [-0.05, 0) is 25.0 Å². The maximum atomic E-state index is 10.6. The first-order valence-electron chi connectivity index (χ1n) is 6.36. The molecule has 1 heterocycles. The van der Waals surface area contributed by atoms with Gasteiger partial charge in [0, 0.05) is 37.0 Å². The van der Waals surface area contributed by atoms with Crippen molar-refractivity contribution >= 4 is 11.4 Å². The molecular weight excluding hydrogens is 242 g/mol. The monoisotopic (exact) mass is 259 g/mol. The molecule has 1 fully saturated rings. The van der Waals surface area contributed by atoms with Gasteiger partial charge in [-0.25, -0.2) is 0 Å². The van der Waals surface area contributed by atoms with Crippen molar-refractivity contribution in [3.63, 3.8) is 0 Å². The number of nitro groups is 1. The average Bonchev–Trinajstić information content (AvgIpc) is 2.42. The number of rotatable bonds is 4. The fourth-order valence-electron chi connectivity index (χ4n) is 2.28. The molecule has 0 radical (unpaired) electrons. The van der Waals surface area contributed by atoms with Crippen molar-refractivity contribution in [2.45, 2.75) is 18.9 Å². The standard InChI is InChI=1S/C14H17N3O2/c1-2-9-16-10-7-13(8-11-16)15-12-3-5-14(6-4-12)17(18)19/h1,3-6,13,15H,7-11H2. The highest BCUT2D eigenvalue weighted by Gasteiger charge is 2.18. The number of non-ortho nitro benzene ring substituents is 1. The number of nitrogens with one attached hydrogen (secondary N) is 1. The van der Waals surface area contributed by atoms with Crippen molar-refractivity contribution in [3.8, 4) is 12.3 Å². The zero-order valence-electron chi connectivity index (χ0n) is 10.7. The molecular formula is C14H17N3O2. The van der Waals surface area contributed by atoms with E-state index in [0.717, 1.165) is 31.6 Å². The molecule has 100 valence electrons. The van der Waals surface area contributed by atoms with E-state index in [1.807, 2.05) is 0 Å². The van der Waals surface area contributed by atoms with Crippen molar-refractivity contribution in [2.24, 2.45) is 0 Å². The van der Waals surface area contributed by atoms with Gasteiger partial charge in [-0.1, -0.05) is 5.92 Å². The van der Waals surface area contributed by atoms with Crippen molar-refractivity contribution < 1.29 is 4.92 Å². The van der Waals surface area contributed by atoms with Gasteiger partial charge in [0.15, 0.2) is 0 Å². The molecule has 0 aromatic heterocycles. The summed E-state index contributed by atoms with van der Waals surface area (Å²) in [4.78, 5) is 12.4. The van der Waals surface area contributed by atoms with Crippen LogP contribution in [0.25, 0.3) is 0 Å². The molecule has 5 nitrogen and oxygen atoms in total. The van der Waals surface area contributed by atoms with Gasteiger partial charge in [-0.2, -0.15) is 0 Å². The Balaban J connectivity index is 1.85. The SMILES string of the molecule is C#CCN1CCC(Nc2ccc([N+](=O)[O-])cc2)CC1. The second-order valence-corrected chi connectivity index (χ2v) is 4.70. The van der Waals surface area contributed by atoms with Gasteiger partial charge in [0.25, 0.3) is 5.69 Å². The topological polar surface area (TPSA) is 58.4 Å². The van der Waals surface area contributed by atoms with Crippen LogP contribution in [-0.2, 0) is 0 Å². The van der Waals surface area contributed by atoms with Gasteiger partial charge in [0.2, 0.25) is 0 Å². The van der Waals surface area contributed by atoms with Crippen LogP contribution in [0.2, 0.25) is 0 Å². The van der Waals surface area contributed by atoms with Crippen LogP contribution in [0, 0.1) is 22.5 Å². The first-order chi connectivity index (χ1) is 9.19. The number of nitrogens with zero attached hydrogens (tertiary/aromatic N) is 2. The molecule has 5 heteroatoms. The molecule has 2 rings (SSSR count). The second kappa shape index (κ2) is 6.21. The minimum absolute atomic E-state index is 0.120. The Labute approximate surface area is 112 Å². The fourth-order valence-corrected chi connectivity index (χ4v) is 2.28. The highest BCUT2D eigenvalue weighted by Crippen LogP contribution is 2.19. The lowest BCUT2D eigenvalue weighted by molar-refractivity contribution is -0.384. The zero-order valence-corrected chi connectivity index (χ0v) is 10.7. The van der Waals surface area contributed by atoms with Crippen molar-refractivity contribution in [3.05, 3.63) is 34.4 Å². The van der Waals surface area contributed by atoms with E-state index in [0.29, 0.717) is 12.6 Å². The van der Waals surface area contributed by atoms with Crippen LogP contribution in [0.4, 0.5) is 11.4 Å². The predicted molar refractivity (Wildman–Crippen MR) is 75.0 cm³/mol. The van der Waals surface area contributed by atoms with Crippen LogP contribution in [0.1, 0.15) is 12.8 Å². The van der Waals surface area contributed by atoms with E-state index in [9.17, 15) is 10.1 Å². The van der Waals surface area contributed by atoms with Crippen LogP contribution in [0.15, 0.2) is 24.3 Å². The molecule has 0 unspecified atom stereocenters. The Morgan fingerprint density at radius 3 is 2.53 bits per heavy atom. The van der Waals surface area contributed by atoms with E-state index in [2.05, 4.69) is 16.1 Å². The molecule has 1 aromatic rings. The van der Waals surface area contributed by atoms with Crippen LogP contribution < -0.4 is 5.32 Å². The van der Waals surface area contributed by atoms with Gasteiger partial charge >= 0.3 is 0 Å². The third-order valence-electron chi connectivity index (χ3n) is 3.35. The van der Waals surface area contributed by atoms with Gasteiger partial charge in [0.05, 0.1) is 11.5 Å². The molecule has 1 aromatic carbocycles. The number of nitro benzene ring substituents is 1. The maximum Gasteiger partial charge on any atom is 0.269 e. The number of likely N-dealkylation sites (tertiary alicyclic amines) is 1. The van der Waals surface area contributed by atoms with Gasteiger partial charge in [-0.3, -0.25) is 15.0 Å². The Kier molecular flexibility index (Phi) is 4.37. The van der Waals surface area contributed by atoms with E-state index in [4.69, 9.17) is 6.42 Å². The Bertz CT molecular complexity index is 470. The van der Waals surface area contributed by atoms with Crippen LogP contribution in [0.3, 0.4) is 0 Å². The molecule has 0 spiro atoms. The largest absolute Gasteiger partial charge is 0.382 e. The number of benzene rings is 1. The van der Waals surface area contributed by atoms with E-state index in [1.54, 1.807) is 12.1 Å². The zero-order chi connectivity index (χ0) is 13.7. The minimum atomic E-state index is -0.387. The summed E-state index contributed by atoms with van der Waals surface area (Å²) in [5.41, 5.74) is 1.05. The number of hydrogen-bond donors (Lipinski definition) is 1. The molecule has 0 saturated carbocycles. The summed E-state index contributed by atoms with van der Waals surface area (Å²) in [6.07, 6.45) is 7.37. The number of piperidine rings is 1. The lowest BCUT2D eigenvalue weighted by atomic mass is 10.0. The van der Waals surface area contributed by atoms with Gasteiger partial charge in [0.1, 0.15) is 0 Å².